The van der Waals surface area contributed by atoms with Crippen molar-refractivity contribution in [2.45, 2.75) is 0 Å². The van der Waals surface area contributed by atoms with Gasteiger partial charge in [0.2, 0.25) is 0 Å². The van der Waals surface area contributed by atoms with Crippen molar-refractivity contribution in [3.05, 3.63) is 84.9 Å². The van der Waals surface area contributed by atoms with Crippen molar-refractivity contribution in [3.8, 4) is 0 Å². The quantitative estimate of drug-likeness (QED) is 0.834. The zero-order valence-electron chi connectivity index (χ0n) is 11.0. The van der Waals surface area contributed by atoms with E-state index >= 15 is 0 Å². The van der Waals surface area contributed by atoms with E-state index in [1.165, 1.54) is 5.56 Å². The standard InChI is InChI=1S/C8H9O3P.C8H8/c1-7(12(9,10)11)8-5-3-2-4-6-8;1-2-8-6-4-3-5-7-8/h2-6H,1H2,(H2,9,10,11);2-7H,1H2. The van der Waals surface area contributed by atoms with Gasteiger partial charge < -0.3 is 9.79 Å². The Morgan fingerprint density at radius 1 is 0.950 bits per heavy atom. The number of rotatable bonds is 3. The summed E-state index contributed by atoms with van der Waals surface area (Å²) >= 11 is 0. The molecule has 2 aromatic rings. The van der Waals surface area contributed by atoms with E-state index in [-0.39, 0.29) is 5.31 Å². The molecule has 0 aliphatic carbocycles. The molecule has 0 heterocycles. The van der Waals surface area contributed by atoms with Crippen LogP contribution in [0.15, 0.2) is 73.8 Å². The molecule has 0 radical (unpaired) electrons. The highest BCUT2D eigenvalue weighted by atomic mass is 31.2. The van der Waals surface area contributed by atoms with Crippen LogP contribution in [0.4, 0.5) is 0 Å². The Kier molecular flexibility index (Phi) is 6.13. The molecule has 20 heavy (non-hydrogen) atoms. The molecule has 0 amide bonds. The van der Waals surface area contributed by atoms with E-state index in [9.17, 15) is 4.57 Å². The Morgan fingerprint density at radius 2 is 1.40 bits per heavy atom. The number of benzene rings is 2. The summed E-state index contributed by atoms with van der Waals surface area (Å²) < 4.78 is 10.7. The van der Waals surface area contributed by atoms with Crippen molar-refractivity contribution < 1.29 is 14.4 Å². The highest BCUT2D eigenvalue weighted by Crippen LogP contribution is 2.49. The van der Waals surface area contributed by atoms with Gasteiger partial charge in [-0.1, -0.05) is 79.9 Å². The van der Waals surface area contributed by atoms with Gasteiger partial charge in [0, 0.05) is 0 Å². The van der Waals surface area contributed by atoms with Crippen molar-refractivity contribution in [1.82, 2.24) is 0 Å². The van der Waals surface area contributed by atoms with E-state index in [0.29, 0.717) is 5.56 Å². The second kappa shape index (κ2) is 7.61. The summed E-state index contributed by atoms with van der Waals surface area (Å²) in [5.41, 5.74) is 1.65. The molecule has 0 spiro atoms. The van der Waals surface area contributed by atoms with Crippen LogP contribution in [0.1, 0.15) is 11.1 Å². The third-order valence-electron chi connectivity index (χ3n) is 2.49. The normalized spacial score (nSPS) is 10.1. The first-order valence-electron chi connectivity index (χ1n) is 5.93. The zero-order valence-corrected chi connectivity index (χ0v) is 11.9. The van der Waals surface area contributed by atoms with Crippen molar-refractivity contribution in [1.29, 1.82) is 0 Å². The predicted molar refractivity (Wildman–Crippen MR) is 84.1 cm³/mol. The van der Waals surface area contributed by atoms with Crippen molar-refractivity contribution in [2.75, 3.05) is 0 Å². The van der Waals surface area contributed by atoms with E-state index in [1.54, 1.807) is 30.3 Å². The molecule has 4 heteroatoms. The van der Waals surface area contributed by atoms with Gasteiger partial charge in [-0.25, -0.2) is 0 Å². The van der Waals surface area contributed by atoms with Crippen LogP contribution in [-0.2, 0) is 4.57 Å². The molecule has 0 saturated carbocycles. The molecule has 0 saturated heterocycles. The molecule has 0 bridgehead atoms. The molecule has 0 unspecified atom stereocenters. The highest BCUT2D eigenvalue weighted by molar-refractivity contribution is 7.63. The van der Waals surface area contributed by atoms with Crippen LogP contribution in [0.3, 0.4) is 0 Å². The minimum atomic E-state index is -4.17. The molecule has 3 nitrogen and oxygen atoms in total. The van der Waals surface area contributed by atoms with Crippen LogP contribution < -0.4 is 0 Å². The smallest absolute Gasteiger partial charge is 0.321 e. The first kappa shape index (κ1) is 16.1. The van der Waals surface area contributed by atoms with Gasteiger partial charge in [0.25, 0.3) is 0 Å². The molecular weight excluding hydrogens is 271 g/mol. The fraction of sp³-hybridized carbons (Fsp3) is 0. The van der Waals surface area contributed by atoms with Crippen molar-refractivity contribution >= 4 is 19.0 Å². The molecule has 2 aromatic carbocycles. The summed E-state index contributed by atoms with van der Waals surface area (Å²) in [6.07, 6.45) is 1.83. The first-order valence-corrected chi connectivity index (χ1v) is 7.54. The summed E-state index contributed by atoms with van der Waals surface area (Å²) in [7, 11) is -4.17. The summed E-state index contributed by atoms with van der Waals surface area (Å²) in [6.45, 7) is 6.96. The minimum Gasteiger partial charge on any atom is -0.321 e. The molecule has 0 aliphatic heterocycles. The predicted octanol–water partition coefficient (Wildman–Crippen LogP) is 4.16. The SMILES string of the molecule is C=C(c1ccccc1)P(=O)(O)O.C=Cc1ccccc1. The molecule has 104 valence electrons. The molecule has 0 fully saturated rings. The first-order chi connectivity index (χ1) is 9.45. The van der Waals surface area contributed by atoms with Gasteiger partial charge in [0.15, 0.2) is 0 Å². The molecular formula is C16H17O3P. The van der Waals surface area contributed by atoms with E-state index in [1.807, 2.05) is 36.4 Å². The van der Waals surface area contributed by atoms with Crippen LogP contribution in [0, 0.1) is 0 Å². The monoisotopic (exact) mass is 288 g/mol. The Labute approximate surface area is 119 Å². The van der Waals surface area contributed by atoms with Gasteiger partial charge >= 0.3 is 7.60 Å². The lowest BCUT2D eigenvalue weighted by atomic mass is 10.2. The Balaban J connectivity index is 0.000000217. The van der Waals surface area contributed by atoms with E-state index in [2.05, 4.69) is 13.2 Å². The molecule has 0 aliphatic rings. The van der Waals surface area contributed by atoms with E-state index in [4.69, 9.17) is 9.79 Å². The van der Waals surface area contributed by atoms with Gasteiger partial charge in [-0.2, -0.15) is 0 Å². The van der Waals surface area contributed by atoms with Crippen molar-refractivity contribution in [3.63, 3.8) is 0 Å². The van der Waals surface area contributed by atoms with Crippen molar-refractivity contribution in [2.24, 2.45) is 0 Å². The van der Waals surface area contributed by atoms with Crippen LogP contribution in [0.2, 0.25) is 0 Å². The second-order valence-corrected chi connectivity index (χ2v) is 5.60. The average molecular weight is 288 g/mol. The largest absolute Gasteiger partial charge is 0.356 e. The summed E-state index contributed by atoms with van der Waals surface area (Å²) in [4.78, 5) is 17.5. The maximum Gasteiger partial charge on any atom is 0.356 e. The van der Waals surface area contributed by atoms with Crippen LogP contribution in [0.25, 0.3) is 11.4 Å². The minimum absolute atomic E-state index is 0.136. The summed E-state index contributed by atoms with van der Waals surface area (Å²) in [5, 5.41) is -0.136. The fourth-order valence-electron chi connectivity index (χ4n) is 1.39. The summed E-state index contributed by atoms with van der Waals surface area (Å²) in [6, 6.07) is 18.4. The Morgan fingerprint density at radius 3 is 1.75 bits per heavy atom. The van der Waals surface area contributed by atoms with Gasteiger partial charge in [0.05, 0.1) is 5.31 Å². The molecule has 0 atom stereocenters. The van der Waals surface area contributed by atoms with E-state index in [0.717, 1.165) is 0 Å². The fourth-order valence-corrected chi connectivity index (χ4v) is 1.87. The lowest BCUT2D eigenvalue weighted by molar-refractivity contribution is 0.388. The second-order valence-electron chi connectivity index (χ2n) is 3.97. The Hall–Kier alpha value is -1.93. The third-order valence-corrected chi connectivity index (χ3v) is 3.46. The van der Waals surface area contributed by atoms with Gasteiger partial charge in [-0.3, -0.25) is 4.57 Å². The molecule has 2 N–H and O–H groups in total. The maximum absolute atomic E-state index is 10.7. The summed E-state index contributed by atoms with van der Waals surface area (Å²) in [5.74, 6) is 0. The van der Waals surface area contributed by atoms with Gasteiger partial charge in [-0.15, -0.1) is 0 Å². The van der Waals surface area contributed by atoms with Crippen LogP contribution in [0.5, 0.6) is 0 Å². The number of hydrogen-bond acceptors (Lipinski definition) is 1. The average Bonchev–Trinajstić information content (AvgIpc) is 2.48. The lowest BCUT2D eigenvalue weighted by Gasteiger charge is -2.06. The van der Waals surface area contributed by atoms with E-state index < -0.39 is 7.60 Å². The van der Waals surface area contributed by atoms with Gasteiger partial charge in [-0.05, 0) is 11.1 Å². The molecule has 2 rings (SSSR count). The third kappa shape index (κ3) is 5.37. The topological polar surface area (TPSA) is 57.5 Å². The number of hydrogen-bond donors (Lipinski definition) is 2. The lowest BCUT2D eigenvalue weighted by Crippen LogP contribution is -1.83. The molecule has 0 aromatic heterocycles. The van der Waals surface area contributed by atoms with Gasteiger partial charge in [0.1, 0.15) is 0 Å². The maximum atomic E-state index is 10.7. The zero-order chi connectivity index (χ0) is 15.0. The van der Waals surface area contributed by atoms with Crippen LogP contribution >= 0.6 is 7.60 Å². The van der Waals surface area contributed by atoms with Crippen LogP contribution in [-0.4, -0.2) is 9.79 Å². The highest BCUT2D eigenvalue weighted by Gasteiger charge is 2.19. The Bertz CT molecular complexity index is 600.